The Balaban J connectivity index is 3.11. The Morgan fingerprint density at radius 2 is 2.18 bits per heavy atom. The molecule has 0 amide bonds. The summed E-state index contributed by atoms with van der Waals surface area (Å²) in [6, 6.07) is 3.92. The maximum atomic E-state index is 10.7. The van der Waals surface area contributed by atoms with E-state index >= 15 is 0 Å². The van der Waals surface area contributed by atoms with E-state index in [-0.39, 0.29) is 11.3 Å². The second-order valence-electron chi connectivity index (χ2n) is 3.85. The van der Waals surface area contributed by atoms with Crippen molar-refractivity contribution in [3.63, 3.8) is 0 Å². The van der Waals surface area contributed by atoms with Gasteiger partial charge < -0.3 is 4.74 Å². The molecule has 0 saturated carbocycles. The van der Waals surface area contributed by atoms with Gasteiger partial charge in [-0.05, 0) is 26.0 Å². The first-order valence-corrected chi connectivity index (χ1v) is 4.80. The van der Waals surface area contributed by atoms with Gasteiger partial charge in [0.15, 0.2) is 11.9 Å². The van der Waals surface area contributed by atoms with Gasteiger partial charge in [0.05, 0.1) is 10.5 Å². The van der Waals surface area contributed by atoms with E-state index in [1.807, 2.05) is 0 Å². The summed E-state index contributed by atoms with van der Waals surface area (Å²) in [5.41, 5.74) is -1.14. The minimum atomic E-state index is -0.837. The van der Waals surface area contributed by atoms with Crippen molar-refractivity contribution in [2.45, 2.75) is 19.4 Å². The molecular weight excluding hydrogens is 222 g/mol. The molecule has 1 rings (SSSR count). The molecule has 88 valence electrons. The topological polar surface area (TPSA) is 69.4 Å². The van der Waals surface area contributed by atoms with Gasteiger partial charge in [0.1, 0.15) is 5.75 Å². The Morgan fingerprint density at radius 1 is 1.53 bits per heavy atom. The summed E-state index contributed by atoms with van der Waals surface area (Å²) in [7, 11) is 0. The van der Waals surface area contributed by atoms with Gasteiger partial charge in [-0.25, -0.2) is 0 Å². The highest BCUT2D eigenvalue weighted by Crippen LogP contribution is 2.25. The molecule has 0 aliphatic rings. The largest absolute Gasteiger partial charge is 0.475 e. The number of benzene rings is 1. The lowest BCUT2D eigenvalue weighted by molar-refractivity contribution is -0.385. The van der Waals surface area contributed by atoms with E-state index < -0.39 is 10.5 Å². The van der Waals surface area contributed by atoms with Crippen molar-refractivity contribution in [1.82, 2.24) is 0 Å². The lowest BCUT2D eigenvalue weighted by Crippen LogP contribution is -2.25. The molecule has 0 saturated heterocycles. The number of nitro groups is 1. The summed E-state index contributed by atoms with van der Waals surface area (Å²) in [6.07, 6.45) is 5.66. The maximum Gasteiger partial charge on any atom is 0.280 e. The third-order valence-electron chi connectivity index (χ3n) is 2.04. The van der Waals surface area contributed by atoms with Crippen LogP contribution in [0.4, 0.5) is 5.69 Å². The van der Waals surface area contributed by atoms with Gasteiger partial charge in [0.2, 0.25) is 0 Å². The number of rotatable bonds is 4. The number of hydrogen-bond acceptors (Lipinski definition) is 4. The Bertz CT molecular complexity index is 500. The summed E-state index contributed by atoms with van der Waals surface area (Å²) in [4.78, 5) is 20.7. The van der Waals surface area contributed by atoms with Gasteiger partial charge in [-0.2, -0.15) is 0 Å². The zero-order valence-electron chi connectivity index (χ0n) is 9.47. The third-order valence-corrected chi connectivity index (χ3v) is 2.04. The van der Waals surface area contributed by atoms with Crippen molar-refractivity contribution in [3.05, 3.63) is 33.9 Å². The molecule has 0 radical (unpaired) electrons. The minimum absolute atomic E-state index is 0.0414. The molecule has 0 spiro atoms. The number of ether oxygens (including phenoxy) is 1. The number of carbonyl (C=O) groups excluding carboxylic acids is 1. The van der Waals surface area contributed by atoms with E-state index in [9.17, 15) is 14.9 Å². The molecule has 0 bridgehead atoms. The molecule has 17 heavy (non-hydrogen) atoms. The monoisotopic (exact) mass is 233 g/mol. The van der Waals surface area contributed by atoms with Crippen molar-refractivity contribution in [3.8, 4) is 18.1 Å². The summed E-state index contributed by atoms with van der Waals surface area (Å²) in [5.74, 6) is 2.74. The van der Waals surface area contributed by atoms with E-state index in [0.717, 1.165) is 0 Å². The fourth-order valence-electron chi connectivity index (χ4n) is 1.18. The van der Waals surface area contributed by atoms with Gasteiger partial charge in [-0.1, -0.05) is 5.92 Å². The Labute approximate surface area is 98.5 Å². The van der Waals surface area contributed by atoms with E-state index in [0.29, 0.717) is 12.0 Å². The molecule has 5 heteroatoms. The van der Waals surface area contributed by atoms with Crippen LogP contribution in [-0.2, 0) is 0 Å². The molecule has 0 heterocycles. The molecular formula is C12H11NO4. The molecule has 0 aliphatic carbocycles. The first kappa shape index (κ1) is 12.7. The molecule has 0 atom stereocenters. The third kappa shape index (κ3) is 3.05. The Hall–Kier alpha value is -2.35. The quantitative estimate of drug-likeness (QED) is 0.346. The van der Waals surface area contributed by atoms with E-state index in [1.54, 1.807) is 13.8 Å². The SMILES string of the molecule is C#CC(C)(C)Oc1ccc([N+](=O)[O-])c(C=O)c1. The number of nitro benzene ring substituents is 1. The van der Waals surface area contributed by atoms with Crippen molar-refractivity contribution in [2.75, 3.05) is 0 Å². The summed E-state index contributed by atoms with van der Waals surface area (Å²) >= 11 is 0. The van der Waals surface area contributed by atoms with Crippen LogP contribution < -0.4 is 4.74 Å². The smallest absolute Gasteiger partial charge is 0.280 e. The second kappa shape index (κ2) is 4.66. The van der Waals surface area contributed by atoms with Crippen molar-refractivity contribution in [2.24, 2.45) is 0 Å². The molecule has 0 aromatic heterocycles. The van der Waals surface area contributed by atoms with Gasteiger partial charge >= 0.3 is 0 Å². The van der Waals surface area contributed by atoms with Crippen LogP contribution in [0.25, 0.3) is 0 Å². The zero-order chi connectivity index (χ0) is 13.1. The molecule has 1 aromatic carbocycles. The van der Waals surface area contributed by atoms with Crippen molar-refractivity contribution >= 4 is 12.0 Å². The molecule has 0 fully saturated rings. The van der Waals surface area contributed by atoms with Crippen LogP contribution in [0.15, 0.2) is 18.2 Å². The van der Waals surface area contributed by atoms with Crippen LogP contribution in [0.2, 0.25) is 0 Å². The Morgan fingerprint density at radius 3 is 2.65 bits per heavy atom. The Kier molecular flexibility index (Phi) is 3.49. The predicted molar refractivity (Wildman–Crippen MR) is 62.0 cm³/mol. The summed E-state index contributed by atoms with van der Waals surface area (Å²) in [5, 5.41) is 10.6. The second-order valence-corrected chi connectivity index (χ2v) is 3.85. The van der Waals surface area contributed by atoms with Crippen LogP contribution in [0, 0.1) is 22.5 Å². The van der Waals surface area contributed by atoms with Crippen LogP contribution in [-0.4, -0.2) is 16.8 Å². The first-order valence-electron chi connectivity index (χ1n) is 4.80. The fraction of sp³-hybridized carbons (Fsp3) is 0.250. The first-order chi connectivity index (χ1) is 7.89. The number of carbonyl (C=O) groups is 1. The number of terminal acetylenes is 1. The number of aldehydes is 1. The lowest BCUT2D eigenvalue weighted by Gasteiger charge is -2.20. The van der Waals surface area contributed by atoms with Crippen LogP contribution >= 0.6 is 0 Å². The number of hydrogen-bond donors (Lipinski definition) is 0. The highest BCUT2D eigenvalue weighted by atomic mass is 16.6. The van der Waals surface area contributed by atoms with Gasteiger partial charge in [0.25, 0.3) is 5.69 Å². The minimum Gasteiger partial charge on any atom is -0.475 e. The van der Waals surface area contributed by atoms with E-state index in [2.05, 4.69) is 5.92 Å². The molecule has 1 aromatic rings. The fourth-order valence-corrected chi connectivity index (χ4v) is 1.18. The van der Waals surface area contributed by atoms with Gasteiger partial charge in [0, 0.05) is 6.07 Å². The van der Waals surface area contributed by atoms with Crippen LogP contribution in [0.5, 0.6) is 5.75 Å². The van der Waals surface area contributed by atoms with E-state index in [4.69, 9.17) is 11.2 Å². The maximum absolute atomic E-state index is 10.7. The molecule has 0 aliphatic heterocycles. The van der Waals surface area contributed by atoms with Gasteiger partial charge in [-0.3, -0.25) is 14.9 Å². The van der Waals surface area contributed by atoms with Crippen LogP contribution in [0.1, 0.15) is 24.2 Å². The van der Waals surface area contributed by atoms with Crippen LogP contribution in [0.3, 0.4) is 0 Å². The van der Waals surface area contributed by atoms with Gasteiger partial charge in [-0.15, -0.1) is 6.42 Å². The standard InChI is InChI=1S/C12H11NO4/c1-4-12(2,3)17-10-5-6-11(13(15)16)9(7-10)8-14/h1,5-8H,2-3H3. The molecule has 0 N–H and O–H groups in total. The predicted octanol–water partition coefficient (Wildman–Crippen LogP) is 2.20. The lowest BCUT2D eigenvalue weighted by atomic mass is 10.1. The average Bonchev–Trinajstić information content (AvgIpc) is 2.28. The van der Waals surface area contributed by atoms with Crippen molar-refractivity contribution < 1.29 is 14.5 Å². The highest BCUT2D eigenvalue weighted by molar-refractivity contribution is 5.82. The normalized spacial score (nSPS) is 10.4. The number of nitrogens with zero attached hydrogens (tertiary/aromatic N) is 1. The van der Waals surface area contributed by atoms with E-state index in [1.165, 1.54) is 18.2 Å². The average molecular weight is 233 g/mol. The molecule has 5 nitrogen and oxygen atoms in total. The van der Waals surface area contributed by atoms with Crippen molar-refractivity contribution in [1.29, 1.82) is 0 Å². The zero-order valence-corrected chi connectivity index (χ0v) is 9.47. The summed E-state index contributed by atoms with van der Waals surface area (Å²) < 4.78 is 5.41. The highest BCUT2D eigenvalue weighted by Gasteiger charge is 2.19. The molecule has 0 unspecified atom stereocenters. The summed E-state index contributed by atoms with van der Waals surface area (Å²) in [6.45, 7) is 3.35.